The molecule has 0 saturated heterocycles. The predicted molar refractivity (Wildman–Crippen MR) is 108 cm³/mol. The van der Waals surface area contributed by atoms with Gasteiger partial charge in [0.15, 0.2) is 5.82 Å². The molecule has 2 heterocycles. The third kappa shape index (κ3) is 3.26. The minimum Gasteiger partial charge on any atom is -0.460 e. The number of rotatable bonds is 3. The zero-order valence-electron chi connectivity index (χ0n) is 15.8. The van der Waals surface area contributed by atoms with Gasteiger partial charge in [-0.25, -0.2) is 23.2 Å². The van der Waals surface area contributed by atoms with Gasteiger partial charge in [0, 0.05) is 5.56 Å². The average molecular weight is 451 g/mol. The van der Waals surface area contributed by atoms with Crippen molar-refractivity contribution in [1.82, 2.24) is 14.8 Å². The van der Waals surface area contributed by atoms with E-state index in [1.807, 2.05) is 0 Å². The van der Waals surface area contributed by atoms with Crippen molar-refractivity contribution in [3.8, 4) is 5.69 Å². The molecule has 6 nitrogen and oxygen atoms in total. The van der Waals surface area contributed by atoms with Crippen LogP contribution in [0.1, 0.15) is 47.5 Å². The summed E-state index contributed by atoms with van der Waals surface area (Å²) in [5, 5.41) is 4.45. The summed E-state index contributed by atoms with van der Waals surface area (Å²) >= 11 is 12.7. The van der Waals surface area contributed by atoms with Gasteiger partial charge in [0.25, 0.3) is 5.82 Å². The minimum atomic E-state index is -0.803. The van der Waals surface area contributed by atoms with Crippen LogP contribution >= 0.6 is 23.2 Å². The van der Waals surface area contributed by atoms with Gasteiger partial charge in [0.1, 0.15) is 17.7 Å². The van der Waals surface area contributed by atoms with E-state index in [1.54, 1.807) is 19.9 Å². The van der Waals surface area contributed by atoms with Gasteiger partial charge < -0.3 is 4.74 Å². The maximum absolute atomic E-state index is 14.6. The molecule has 1 aromatic heterocycles. The summed E-state index contributed by atoms with van der Waals surface area (Å²) < 4.78 is 35.6. The zero-order chi connectivity index (χ0) is 21.6. The molecule has 0 saturated carbocycles. The Bertz CT molecular complexity index is 1190. The van der Waals surface area contributed by atoms with Crippen molar-refractivity contribution in [2.75, 3.05) is 6.61 Å². The molecule has 0 radical (unpaired) electrons. The Balaban J connectivity index is 2.03. The molecule has 30 heavy (non-hydrogen) atoms. The molecule has 10 heteroatoms. The van der Waals surface area contributed by atoms with Gasteiger partial charge in [-0.1, -0.05) is 29.3 Å². The Morgan fingerprint density at radius 2 is 1.87 bits per heavy atom. The molecule has 0 aliphatic carbocycles. The number of ether oxygens (including phenoxy) is 1. The van der Waals surface area contributed by atoms with E-state index >= 15 is 0 Å². The standard InChI is InChI=1S/C20H14Cl2F2N4O2/c1-3-30-20(29)18-26-19-9(2)25-17(14-11(23)5-4-6-12(14)24)15-13(28(19)27-18)8-7-10(21)16(15)22/h4-9H,3H2,1-2H3/t9-/m0/s1. The Morgan fingerprint density at radius 1 is 1.17 bits per heavy atom. The van der Waals surface area contributed by atoms with Gasteiger partial charge in [-0.05, 0) is 38.1 Å². The molecule has 0 spiro atoms. The lowest BCUT2D eigenvalue weighted by molar-refractivity contribution is 0.0512. The van der Waals surface area contributed by atoms with Crippen molar-refractivity contribution < 1.29 is 18.3 Å². The van der Waals surface area contributed by atoms with Gasteiger partial charge in [-0.15, -0.1) is 5.10 Å². The van der Waals surface area contributed by atoms with E-state index in [-0.39, 0.29) is 45.1 Å². The lowest BCUT2D eigenvalue weighted by atomic mass is 9.99. The molecule has 4 rings (SSSR count). The van der Waals surface area contributed by atoms with Crippen LogP contribution in [0.2, 0.25) is 10.0 Å². The highest BCUT2D eigenvalue weighted by Crippen LogP contribution is 2.37. The molecule has 0 fully saturated rings. The van der Waals surface area contributed by atoms with E-state index in [0.29, 0.717) is 5.69 Å². The first kappa shape index (κ1) is 20.4. The topological polar surface area (TPSA) is 69.4 Å². The van der Waals surface area contributed by atoms with E-state index in [4.69, 9.17) is 27.9 Å². The molecule has 0 unspecified atom stereocenters. The summed E-state index contributed by atoms with van der Waals surface area (Å²) in [6.45, 7) is 3.49. The highest BCUT2D eigenvalue weighted by molar-refractivity contribution is 6.45. The van der Waals surface area contributed by atoms with Crippen molar-refractivity contribution in [3.63, 3.8) is 0 Å². The number of benzene rings is 2. The predicted octanol–water partition coefficient (Wildman–Crippen LogP) is 4.94. The monoisotopic (exact) mass is 450 g/mol. The summed E-state index contributed by atoms with van der Waals surface area (Å²) in [7, 11) is 0. The number of fused-ring (bicyclic) bond motifs is 3. The van der Waals surface area contributed by atoms with E-state index in [9.17, 15) is 13.6 Å². The van der Waals surface area contributed by atoms with E-state index in [0.717, 1.165) is 12.1 Å². The molecule has 0 amide bonds. The Morgan fingerprint density at radius 3 is 2.53 bits per heavy atom. The third-order valence-electron chi connectivity index (χ3n) is 4.52. The van der Waals surface area contributed by atoms with Crippen LogP contribution in [0.15, 0.2) is 35.3 Å². The lowest BCUT2D eigenvalue weighted by Gasteiger charge is -2.14. The van der Waals surface area contributed by atoms with Crippen molar-refractivity contribution >= 4 is 34.9 Å². The van der Waals surface area contributed by atoms with Crippen LogP contribution in [-0.2, 0) is 4.74 Å². The van der Waals surface area contributed by atoms with Crippen molar-refractivity contribution in [1.29, 1.82) is 0 Å². The third-order valence-corrected chi connectivity index (χ3v) is 5.33. The molecule has 1 aliphatic heterocycles. The van der Waals surface area contributed by atoms with Gasteiger partial charge in [-0.2, -0.15) is 0 Å². The molecule has 3 aromatic rings. The molecule has 1 aliphatic rings. The fraction of sp³-hybridized carbons (Fsp3) is 0.200. The van der Waals surface area contributed by atoms with Crippen molar-refractivity contribution in [2.45, 2.75) is 19.9 Å². The Hall–Kier alpha value is -2.84. The Labute approximate surface area is 180 Å². The second-order valence-corrected chi connectivity index (χ2v) is 7.22. The molecular weight excluding hydrogens is 437 g/mol. The minimum absolute atomic E-state index is 0.0226. The maximum atomic E-state index is 14.6. The van der Waals surface area contributed by atoms with Crippen LogP contribution in [0.3, 0.4) is 0 Å². The van der Waals surface area contributed by atoms with E-state index < -0.39 is 23.6 Å². The molecule has 2 aromatic carbocycles. The second-order valence-electron chi connectivity index (χ2n) is 6.43. The van der Waals surface area contributed by atoms with E-state index in [2.05, 4.69) is 15.1 Å². The van der Waals surface area contributed by atoms with Gasteiger partial charge in [0.2, 0.25) is 0 Å². The summed E-state index contributed by atoms with van der Waals surface area (Å²) in [4.78, 5) is 20.9. The number of halogens is 4. The lowest BCUT2D eigenvalue weighted by Crippen LogP contribution is -2.13. The first-order valence-electron chi connectivity index (χ1n) is 8.98. The molecule has 0 bridgehead atoms. The second kappa shape index (κ2) is 7.77. The number of carbonyl (C=O) groups excluding carboxylic acids is 1. The van der Waals surface area contributed by atoms with Crippen LogP contribution in [0, 0.1) is 11.6 Å². The fourth-order valence-electron chi connectivity index (χ4n) is 3.23. The van der Waals surface area contributed by atoms with Crippen LogP contribution in [0.4, 0.5) is 8.78 Å². The molecule has 154 valence electrons. The van der Waals surface area contributed by atoms with Crippen molar-refractivity contribution in [2.24, 2.45) is 4.99 Å². The number of aliphatic imine (C=N–C) groups is 1. The number of esters is 1. The first-order chi connectivity index (χ1) is 14.3. The SMILES string of the molecule is CCOC(=O)c1nc2n(n1)-c1ccc(Cl)c(Cl)c1C(c1c(F)cccc1F)=N[C@H]2C. The van der Waals surface area contributed by atoms with Crippen molar-refractivity contribution in [3.05, 3.63) is 74.8 Å². The number of aromatic nitrogens is 3. The average Bonchev–Trinajstić information content (AvgIpc) is 3.10. The van der Waals surface area contributed by atoms with Gasteiger partial charge in [0.05, 0.1) is 33.6 Å². The van der Waals surface area contributed by atoms with Gasteiger partial charge in [-0.3, -0.25) is 4.99 Å². The van der Waals surface area contributed by atoms with Gasteiger partial charge >= 0.3 is 5.97 Å². The quantitative estimate of drug-likeness (QED) is 0.529. The molecule has 1 atom stereocenters. The van der Waals surface area contributed by atoms with Crippen LogP contribution in [-0.4, -0.2) is 33.1 Å². The molecular formula is C20H14Cl2F2N4O2. The largest absolute Gasteiger partial charge is 0.460 e. The Kier molecular flexibility index (Phi) is 5.29. The number of hydrogen-bond acceptors (Lipinski definition) is 5. The highest BCUT2D eigenvalue weighted by atomic mass is 35.5. The normalized spacial score (nSPS) is 15.1. The zero-order valence-corrected chi connectivity index (χ0v) is 17.3. The summed E-state index contributed by atoms with van der Waals surface area (Å²) in [5.74, 6) is -2.18. The van der Waals surface area contributed by atoms with Crippen LogP contribution < -0.4 is 0 Å². The number of nitrogens with zero attached hydrogens (tertiary/aromatic N) is 4. The smallest absolute Gasteiger partial charge is 0.378 e. The number of carbonyl (C=O) groups is 1. The maximum Gasteiger partial charge on any atom is 0.378 e. The molecule has 0 N–H and O–H groups in total. The van der Waals surface area contributed by atoms with E-state index in [1.165, 1.54) is 16.8 Å². The summed E-state index contributed by atoms with van der Waals surface area (Å²) in [5.41, 5.74) is 0.143. The first-order valence-corrected chi connectivity index (χ1v) is 9.74. The number of hydrogen-bond donors (Lipinski definition) is 0. The van der Waals surface area contributed by atoms with Crippen LogP contribution in [0.5, 0.6) is 0 Å². The van der Waals surface area contributed by atoms with Crippen LogP contribution in [0.25, 0.3) is 5.69 Å². The summed E-state index contributed by atoms with van der Waals surface area (Å²) in [6.07, 6.45) is 0. The fourth-order valence-corrected chi connectivity index (χ4v) is 3.63. The summed E-state index contributed by atoms with van der Waals surface area (Å²) in [6, 6.07) is 5.89. The highest BCUT2D eigenvalue weighted by Gasteiger charge is 2.32.